The number of rotatable bonds is 5. The highest BCUT2D eigenvalue weighted by Gasteiger charge is 2.62. The number of alkyl halides is 6. The quantitative estimate of drug-likeness (QED) is 0.215. The molecule has 208 valence electrons. The maximum atomic E-state index is 14.2. The van der Waals surface area contributed by atoms with Crippen molar-refractivity contribution in [2.45, 2.75) is 35.8 Å². The summed E-state index contributed by atoms with van der Waals surface area (Å²) >= 11 is 11.4. The van der Waals surface area contributed by atoms with Gasteiger partial charge in [-0.15, -0.1) is 0 Å². The predicted octanol–water partition coefficient (Wildman–Crippen LogP) is 8.39. The van der Waals surface area contributed by atoms with Gasteiger partial charge in [0.2, 0.25) is 0 Å². The average molecular weight is 613 g/mol. The molecule has 2 atom stereocenters. The van der Waals surface area contributed by atoms with Crippen molar-refractivity contribution < 1.29 is 39.8 Å². The molecule has 1 aliphatic heterocycles. The lowest BCUT2D eigenvalue weighted by atomic mass is 9.86. The molecule has 0 amide bonds. The van der Waals surface area contributed by atoms with Gasteiger partial charge in [0.05, 0.1) is 37.6 Å². The predicted molar refractivity (Wildman–Crippen MR) is 133 cm³/mol. The standard InChI is InChI=1S/C25H17Cl2F7N2O2S/c1-39(37,18-8-6-16(7-9-18)24(29,30)31)35-13-14-2-4-15(5-3-14)21-12-23(38-36-21,25(32,33)34)17-10-19(26)22(28)20(27)11-17/h2-11H,12-13H2,1H3. The summed E-state index contributed by atoms with van der Waals surface area (Å²) in [7, 11) is -3.03. The van der Waals surface area contributed by atoms with E-state index in [0.717, 1.165) is 36.4 Å². The average Bonchev–Trinajstić information content (AvgIpc) is 3.33. The van der Waals surface area contributed by atoms with Gasteiger partial charge in [0.25, 0.3) is 5.60 Å². The molecule has 2 unspecified atom stereocenters. The van der Waals surface area contributed by atoms with Gasteiger partial charge in [-0.25, -0.2) is 13.0 Å². The molecule has 1 aliphatic rings. The van der Waals surface area contributed by atoms with Crippen LogP contribution in [-0.2, 0) is 32.9 Å². The summed E-state index contributed by atoms with van der Waals surface area (Å²) in [6.45, 7) is -0.0708. The Balaban J connectivity index is 1.53. The summed E-state index contributed by atoms with van der Waals surface area (Å²) in [5, 5.41) is 2.43. The van der Waals surface area contributed by atoms with Crippen LogP contribution in [0.2, 0.25) is 10.0 Å². The maximum absolute atomic E-state index is 14.2. The summed E-state index contributed by atoms with van der Waals surface area (Å²) in [6.07, 6.45) is -8.94. The molecule has 0 saturated carbocycles. The number of hydrogen-bond acceptors (Lipinski definition) is 4. The first-order chi connectivity index (χ1) is 18.0. The molecule has 3 aromatic carbocycles. The van der Waals surface area contributed by atoms with E-state index in [1.54, 1.807) is 0 Å². The van der Waals surface area contributed by atoms with Gasteiger partial charge in [-0.05, 0) is 47.5 Å². The molecule has 0 saturated heterocycles. The molecule has 4 rings (SSSR count). The van der Waals surface area contributed by atoms with Crippen molar-refractivity contribution in [1.82, 2.24) is 0 Å². The molecule has 0 N–H and O–H groups in total. The van der Waals surface area contributed by atoms with E-state index in [4.69, 9.17) is 28.0 Å². The van der Waals surface area contributed by atoms with Crippen LogP contribution >= 0.6 is 23.2 Å². The number of oxime groups is 1. The highest BCUT2D eigenvalue weighted by atomic mass is 35.5. The molecule has 1 heterocycles. The molecule has 0 spiro atoms. The zero-order chi connectivity index (χ0) is 28.8. The van der Waals surface area contributed by atoms with E-state index in [2.05, 4.69) is 9.52 Å². The van der Waals surface area contributed by atoms with E-state index in [-0.39, 0.29) is 17.2 Å². The van der Waals surface area contributed by atoms with Crippen molar-refractivity contribution in [2.75, 3.05) is 6.26 Å². The lowest BCUT2D eigenvalue weighted by Gasteiger charge is -2.29. The summed E-state index contributed by atoms with van der Waals surface area (Å²) in [4.78, 5) is 5.02. The van der Waals surface area contributed by atoms with Crippen LogP contribution in [0.25, 0.3) is 0 Å². The molecule has 0 fully saturated rings. The zero-order valence-corrected chi connectivity index (χ0v) is 22.0. The molecule has 14 heteroatoms. The van der Waals surface area contributed by atoms with Gasteiger partial charge in [0.1, 0.15) is 0 Å². The van der Waals surface area contributed by atoms with Crippen LogP contribution in [0.3, 0.4) is 0 Å². The number of nitrogens with zero attached hydrogens (tertiary/aromatic N) is 2. The van der Waals surface area contributed by atoms with E-state index < -0.39 is 61.1 Å². The Morgan fingerprint density at radius 3 is 2.05 bits per heavy atom. The van der Waals surface area contributed by atoms with Crippen LogP contribution < -0.4 is 0 Å². The van der Waals surface area contributed by atoms with E-state index in [0.29, 0.717) is 11.1 Å². The Morgan fingerprint density at radius 1 is 0.974 bits per heavy atom. The van der Waals surface area contributed by atoms with Crippen LogP contribution in [-0.4, -0.2) is 22.4 Å². The Bertz CT molecular complexity index is 1520. The van der Waals surface area contributed by atoms with Gasteiger partial charge < -0.3 is 4.84 Å². The van der Waals surface area contributed by atoms with Gasteiger partial charge in [-0.2, -0.15) is 26.3 Å². The highest BCUT2D eigenvalue weighted by molar-refractivity contribution is 7.93. The van der Waals surface area contributed by atoms with Gasteiger partial charge in [0, 0.05) is 23.1 Å². The van der Waals surface area contributed by atoms with Crippen LogP contribution in [0.5, 0.6) is 0 Å². The third-order valence-corrected chi connectivity index (χ3v) is 8.35. The smallest absolute Gasteiger partial charge is 0.374 e. The van der Waals surface area contributed by atoms with Gasteiger partial charge in [-0.1, -0.05) is 52.6 Å². The number of hydrogen-bond donors (Lipinski definition) is 0. The van der Waals surface area contributed by atoms with Crippen molar-refractivity contribution >= 4 is 38.6 Å². The lowest BCUT2D eigenvalue weighted by molar-refractivity contribution is -0.275. The normalized spacial score (nSPS) is 19.3. The van der Waals surface area contributed by atoms with Crippen LogP contribution in [0.4, 0.5) is 30.7 Å². The molecular weight excluding hydrogens is 596 g/mol. The molecule has 0 bridgehead atoms. The third kappa shape index (κ3) is 5.87. The molecular formula is C25H17Cl2F7N2O2S. The zero-order valence-electron chi connectivity index (χ0n) is 19.7. The highest BCUT2D eigenvalue weighted by Crippen LogP contribution is 2.50. The second-order valence-corrected chi connectivity index (χ2v) is 11.8. The minimum Gasteiger partial charge on any atom is -0.374 e. The SMILES string of the molecule is CS(=O)(=NCc1ccc(C2=NOC(c3cc(Cl)c(F)c(Cl)c3)(C(F)(F)F)C2)cc1)c1ccc(C(F)(F)F)cc1. The van der Waals surface area contributed by atoms with E-state index in [1.165, 1.54) is 30.5 Å². The summed E-state index contributed by atoms with van der Waals surface area (Å²) in [6, 6.07) is 11.4. The second-order valence-electron chi connectivity index (χ2n) is 8.69. The molecule has 0 radical (unpaired) electrons. The first-order valence-corrected chi connectivity index (χ1v) is 13.6. The molecule has 0 aliphatic carbocycles. The van der Waals surface area contributed by atoms with Crippen molar-refractivity contribution in [2.24, 2.45) is 9.52 Å². The molecule has 39 heavy (non-hydrogen) atoms. The molecule has 3 aromatic rings. The first-order valence-electron chi connectivity index (χ1n) is 10.9. The van der Waals surface area contributed by atoms with E-state index >= 15 is 0 Å². The van der Waals surface area contributed by atoms with Crippen molar-refractivity contribution in [3.8, 4) is 0 Å². The fraction of sp³-hybridized carbons (Fsp3) is 0.240. The topological polar surface area (TPSA) is 51.0 Å². The van der Waals surface area contributed by atoms with Crippen molar-refractivity contribution in [1.29, 1.82) is 0 Å². The summed E-state index contributed by atoms with van der Waals surface area (Å²) < 4.78 is 112. The van der Waals surface area contributed by atoms with Crippen LogP contribution in [0, 0.1) is 5.82 Å². The minimum atomic E-state index is -4.96. The fourth-order valence-corrected chi connectivity index (χ4v) is 5.49. The fourth-order valence-electron chi connectivity index (χ4n) is 3.82. The van der Waals surface area contributed by atoms with Crippen LogP contribution in [0.1, 0.15) is 28.7 Å². The Morgan fingerprint density at radius 2 is 1.54 bits per heavy atom. The van der Waals surface area contributed by atoms with Crippen molar-refractivity contribution in [3.05, 3.63) is 98.8 Å². The molecule has 0 aromatic heterocycles. The lowest BCUT2D eigenvalue weighted by Crippen LogP contribution is -2.42. The summed E-state index contributed by atoms with van der Waals surface area (Å²) in [5.74, 6) is -1.06. The Kier molecular flexibility index (Phi) is 7.69. The second kappa shape index (κ2) is 10.3. The molecule has 4 nitrogen and oxygen atoms in total. The minimum absolute atomic E-state index is 0.0450. The third-order valence-electron chi connectivity index (χ3n) is 6.04. The van der Waals surface area contributed by atoms with Gasteiger partial charge >= 0.3 is 12.4 Å². The number of benzene rings is 3. The van der Waals surface area contributed by atoms with Gasteiger partial charge in [-0.3, -0.25) is 0 Å². The van der Waals surface area contributed by atoms with Crippen molar-refractivity contribution in [3.63, 3.8) is 0 Å². The largest absolute Gasteiger partial charge is 0.435 e. The van der Waals surface area contributed by atoms with Crippen LogP contribution in [0.15, 0.2) is 75.1 Å². The monoisotopic (exact) mass is 612 g/mol. The Hall–Kier alpha value is -2.83. The van der Waals surface area contributed by atoms with E-state index in [1.807, 2.05) is 0 Å². The number of halogens is 9. The Labute approximate surface area is 228 Å². The summed E-state index contributed by atoms with van der Waals surface area (Å²) in [5.41, 5.74) is -3.54. The first kappa shape index (κ1) is 29.2. The maximum Gasteiger partial charge on any atom is 0.435 e. The van der Waals surface area contributed by atoms with E-state index in [9.17, 15) is 34.9 Å². The van der Waals surface area contributed by atoms with Gasteiger partial charge in [0.15, 0.2) is 5.82 Å².